The van der Waals surface area contributed by atoms with Crippen LogP contribution in [0.5, 0.6) is 0 Å². The zero-order valence-electron chi connectivity index (χ0n) is 26.4. The average molecular weight is 741 g/mol. The van der Waals surface area contributed by atoms with Gasteiger partial charge in [0.25, 0.3) is 0 Å². The third-order valence-electron chi connectivity index (χ3n) is 5.70. The molecule has 0 spiro atoms. The molecule has 0 rings (SSSR count). The fourth-order valence-electron chi connectivity index (χ4n) is 3.47. The maximum Gasteiger partial charge on any atom is 0.495 e. The normalized spacial score (nSPS) is 12.7. The van der Waals surface area contributed by atoms with E-state index in [1.807, 2.05) is 0 Å². The third-order valence-corrected chi connectivity index (χ3v) is 5.70. The fourth-order valence-corrected chi connectivity index (χ4v) is 3.47. The smallest absolute Gasteiger partial charge is 0.466 e. The zero-order chi connectivity index (χ0) is 37.8. The van der Waals surface area contributed by atoms with Crippen LogP contribution in [0.1, 0.15) is 90.4 Å². The van der Waals surface area contributed by atoms with Crippen molar-refractivity contribution in [3.05, 3.63) is 12.7 Å². The third kappa shape index (κ3) is 23.7. The molecule has 0 aliphatic heterocycles. The monoisotopic (exact) mass is 740 g/mol. The second-order valence-corrected chi connectivity index (χ2v) is 10.2. The molecule has 0 saturated carbocycles. The molecule has 0 N–H and O–H groups in total. The lowest BCUT2D eigenvalue weighted by Crippen LogP contribution is -2.53. The fraction of sp³-hybridized carbons (Fsp3) is 0.786. The highest BCUT2D eigenvalue weighted by molar-refractivity contribution is 5.81. The summed E-state index contributed by atoms with van der Waals surface area (Å²) in [6.45, 7) is 0.190. The Balaban J connectivity index is 3.98. The topological polar surface area (TPSA) is 133 Å². The Hall–Kier alpha value is -3.20. The molecule has 286 valence electrons. The molecule has 49 heavy (non-hydrogen) atoms. The van der Waals surface area contributed by atoms with E-state index < -0.39 is 75.4 Å². The van der Waals surface area contributed by atoms with Crippen molar-refractivity contribution < 1.29 is 96.2 Å². The Morgan fingerprint density at radius 1 is 0.551 bits per heavy atom. The highest BCUT2D eigenvalue weighted by Gasteiger charge is 2.68. The number of hydrogen-bond acceptors (Lipinski definition) is 11. The van der Waals surface area contributed by atoms with Crippen molar-refractivity contribution in [3.63, 3.8) is 0 Å². The van der Waals surface area contributed by atoms with Gasteiger partial charge in [-0.05, 0) is 32.1 Å². The van der Waals surface area contributed by atoms with E-state index in [9.17, 15) is 63.1 Å². The number of carbonyl (C=O) groups excluding carboxylic acids is 4. The molecule has 0 aliphatic rings. The molecule has 0 amide bonds. The van der Waals surface area contributed by atoms with Crippen molar-refractivity contribution >= 4 is 23.9 Å². The molecule has 0 aromatic heterocycles. The van der Waals surface area contributed by atoms with E-state index in [-0.39, 0.29) is 31.8 Å². The van der Waals surface area contributed by atoms with Crippen molar-refractivity contribution in [2.24, 2.45) is 0 Å². The van der Waals surface area contributed by atoms with Gasteiger partial charge in [0.1, 0.15) is 0 Å². The van der Waals surface area contributed by atoms with Gasteiger partial charge in [-0.1, -0.05) is 38.7 Å². The summed E-state index contributed by atoms with van der Waals surface area (Å²) in [6.07, 6.45) is -23.1. The van der Waals surface area contributed by atoms with Gasteiger partial charge in [0.15, 0.2) is 6.61 Å². The molecule has 0 radical (unpaired) electrons. The molecular weight excluding hydrogens is 702 g/mol. The number of esters is 4. The van der Waals surface area contributed by atoms with E-state index in [2.05, 4.69) is 35.0 Å². The van der Waals surface area contributed by atoms with Crippen LogP contribution in [0.4, 0.5) is 43.9 Å². The van der Waals surface area contributed by atoms with Crippen molar-refractivity contribution in [3.8, 4) is 0 Å². The number of halogens is 10. The second kappa shape index (κ2) is 21.8. The number of alkyl halides is 10. The molecule has 0 bridgehead atoms. The summed E-state index contributed by atoms with van der Waals surface area (Å²) in [5.41, 5.74) is 0. The first kappa shape index (κ1) is 45.8. The number of carbonyl (C=O) groups is 4. The summed E-state index contributed by atoms with van der Waals surface area (Å²) >= 11 is 0. The van der Waals surface area contributed by atoms with Gasteiger partial charge in [-0.15, -0.1) is 8.78 Å². The molecule has 0 heterocycles. The quantitative estimate of drug-likeness (QED) is 0.0199. The Morgan fingerprint density at radius 2 is 0.980 bits per heavy atom. The SMILES string of the molecule is C=CC(=O)OCOC(=O)CCCCCOC(=O)CCCCCCCCCC(=O)OCC(F)(F)OC(F)(F)OC(F)(F)C(F)(F)OC(C)(F)F. The molecule has 0 atom stereocenters. The summed E-state index contributed by atoms with van der Waals surface area (Å²) < 4.78 is 157. The lowest BCUT2D eigenvalue weighted by Gasteiger charge is -2.31. The summed E-state index contributed by atoms with van der Waals surface area (Å²) in [5, 5.41) is 0. The van der Waals surface area contributed by atoms with E-state index in [0.29, 0.717) is 51.4 Å². The lowest BCUT2D eigenvalue weighted by atomic mass is 10.1. The highest BCUT2D eigenvalue weighted by Crippen LogP contribution is 2.44. The molecule has 0 unspecified atom stereocenters. The molecule has 0 aliphatic carbocycles. The molecule has 0 fully saturated rings. The molecule has 0 aromatic rings. The van der Waals surface area contributed by atoms with E-state index in [1.165, 1.54) is 0 Å². The van der Waals surface area contributed by atoms with E-state index in [1.54, 1.807) is 0 Å². The predicted molar refractivity (Wildman–Crippen MR) is 143 cm³/mol. The summed E-state index contributed by atoms with van der Waals surface area (Å²) in [6, 6.07) is 0. The van der Waals surface area contributed by atoms with Crippen LogP contribution in [0.15, 0.2) is 12.7 Å². The Morgan fingerprint density at radius 3 is 1.47 bits per heavy atom. The van der Waals surface area contributed by atoms with Crippen LogP contribution < -0.4 is 0 Å². The lowest BCUT2D eigenvalue weighted by molar-refractivity contribution is -0.565. The minimum absolute atomic E-state index is 0.106. The van der Waals surface area contributed by atoms with Crippen molar-refractivity contribution in [2.45, 2.75) is 121 Å². The molecule has 21 heteroatoms. The average Bonchev–Trinajstić information content (AvgIpc) is 2.94. The van der Waals surface area contributed by atoms with Crippen molar-refractivity contribution in [1.82, 2.24) is 0 Å². The minimum atomic E-state index is -6.56. The van der Waals surface area contributed by atoms with Crippen molar-refractivity contribution in [2.75, 3.05) is 20.0 Å². The van der Waals surface area contributed by atoms with Crippen LogP contribution in [0.2, 0.25) is 0 Å². The van der Waals surface area contributed by atoms with Gasteiger partial charge in [0.05, 0.1) is 6.61 Å². The highest BCUT2D eigenvalue weighted by atomic mass is 19.3. The molecule has 0 saturated heterocycles. The van der Waals surface area contributed by atoms with E-state index >= 15 is 0 Å². The second-order valence-electron chi connectivity index (χ2n) is 10.2. The minimum Gasteiger partial charge on any atom is -0.466 e. The summed E-state index contributed by atoms with van der Waals surface area (Å²) in [5.74, 6) is -2.96. The van der Waals surface area contributed by atoms with Gasteiger partial charge in [-0.3, -0.25) is 14.4 Å². The first-order chi connectivity index (χ1) is 22.5. The number of unbranched alkanes of at least 4 members (excludes halogenated alkanes) is 8. The van der Waals surface area contributed by atoms with Crippen LogP contribution in [-0.4, -0.2) is 74.6 Å². The summed E-state index contributed by atoms with van der Waals surface area (Å²) in [4.78, 5) is 45.6. The largest absolute Gasteiger partial charge is 0.495 e. The summed E-state index contributed by atoms with van der Waals surface area (Å²) in [7, 11) is 0. The Labute approximate surface area is 274 Å². The standard InChI is InChI=1S/C28H38F10O11/c1-3-20(39)45-19-46-23(42)16-12-9-13-17-43-21(40)14-10-7-5-4-6-8-11-15-22(41)44-18-25(31,32)48-28(37,38)49-27(35,36)26(33,34)47-24(2,29)30/h3H,1,4-19H2,2H3. The number of rotatable bonds is 28. The van der Waals surface area contributed by atoms with Crippen LogP contribution in [-0.2, 0) is 52.3 Å². The maximum absolute atomic E-state index is 13.6. The van der Waals surface area contributed by atoms with Crippen LogP contribution in [0, 0.1) is 0 Å². The van der Waals surface area contributed by atoms with E-state index in [4.69, 9.17) is 4.74 Å². The Kier molecular flexibility index (Phi) is 20.4. The van der Waals surface area contributed by atoms with Gasteiger partial charge in [-0.2, -0.15) is 35.1 Å². The molecule has 11 nitrogen and oxygen atoms in total. The first-order valence-electron chi connectivity index (χ1n) is 14.8. The Bertz CT molecular complexity index is 1040. The van der Waals surface area contributed by atoms with Crippen LogP contribution >= 0.6 is 0 Å². The van der Waals surface area contributed by atoms with Gasteiger partial charge in [-0.25, -0.2) is 19.0 Å². The van der Waals surface area contributed by atoms with Gasteiger partial charge < -0.3 is 18.9 Å². The predicted octanol–water partition coefficient (Wildman–Crippen LogP) is 7.37. The molecular formula is C28H38F10O11. The number of hydrogen-bond donors (Lipinski definition) is 0. The van der Waals surface area contributed by atoms with Crippen LogP contribution in [0.3, 0.4) is 0 Å². The zero-order valence-corrected chi connectivity index (χ0v) is 26.4. The van der Waals surface area contributed by atoms with Crippen LogP contribution in [0.25, 0.3) is 0 Å². The maximum atomic E-state index is 13.6. The van der Waals surface area contributed by atoms with Gasteiger partial charge in [0, 0.05) is 32.3 Å². The van der Waals surface area contributed by atoms with Gasteiger partial charge in [0.2, 0.25) is 6.79 Å². The first-order valence-corrected chi connectivity index (χ1v) is 14.8. The van der Waals surface area contributed by atoms with E-state index in [0.717, 1.165) is 12.5 Å². The molecule has 0 aromatic carbocycles. The van der Waals surface area contributed by atoms with Gasteiger partial charge >= 0.3 is 54.6 Å². The van der Waals surface area contributed by atoms with Crippen molar-refractivity contribution in [1.29, 1.82) is 0 Å². The number of ether oxygens (including phenoxy) is 7.